The zero-order valence-electron chi connectivity index (χ0n) is 10.9. The predicted octanol–water partition coefficient (Wildman–Crippen LogP) is 4.07. The molecule has 0 saturated heterocycles. The molecule has 0 radical (unpaired) electrons. The number of nitrogens with two attached hydrogens (primary N) is 1. The minimum atomic E-state index is -0.322. The van der Waals surface area contributed by atoms with Crippen LogP contribution in [0.3, 0.4) is 0 Å². The summed E-state index contributed by atoms with van der Waals surface area (Å²) >= 11 is 1.54. The lowest BCUT2D eigenvalue weighted by Crippen LogP contribution is -1.99. The Bertz CT molecular complexity index is 818. The molecule has 0 unspecified atom stereocenters. The fourth-order valence-electron chi connectivity index (χ4n) is 2.09. The third-order valence-electron chi connectivity index (χ3n) is 3.09. The van der Waals surface area contributed by atoms with Gasteiger partial charge in [-0.25, -0.2) is 9.37 Å². The predicted molar refractivity (Wildman–Crippen MR) is 82.1 cm³/mol. The average molecular weight is 295 g/mol. The van der Waals surface area contributed by atoms with Gasteiger partial charge in [-0.05, 0) is 35.2 Å². The number of rotatable bonds is 2. The van der Waals surface area contributed by atoms with E-state index in [-0.39, 0.29) is 11.6 Å². The van der Waals surface area contributed by atoms with Gasteiger partial charge in [0.1, 0.15) is 23.3 Å². The van der Waals surface area contributed by atoms with Crippen molar-refractivity contribution in [3.8, 4) is 27.8 Å². The lowest BCUT2D eigenvalue weighted by molar-refractivity contribution is 0.628. The van der Waals surface area contributed by atoms with Crippen LogP contribution < -0.4 is 5.73 Å². The molecule has 0 aliphatic heterocycles. The van der Waals surface area contributed by atoms with E-state index in [1.165, 1.54) is 12.1 Å². The van der Waals surface area contributed by atoms with Gasteiger partial charge >= 0.3 is 0 Å². The normalized spacial score (nSPS) is 10.3. The minimum absolute atomic E-state index is 0.183. The van der Waals surface area contributed by atoms with E-state index in [0.29, 0.717) is 16.8 Å². The van der Waals surface area contributed by atoms with E-state index in [1.54, 1.807) is 23.5 Å². The van der Waals surface area contributed by atoms with Gasteiger partial charge in [0.25, 0.3) is 0 Å². The fraction of sp³-hybridized carbons (Fsp3) is 0. The summed E-state index contributed by atoms with van der Waals surface area (Å²) in [6, 6.07) is 13.7. The van der Waals surface area contributed by atoms with Crippen LogP contribution in [0.2, 0.25) is 0 Å². The number of benzene rings is 1. The van der Waals surface area contributed by atoms with E-state index in [1.807, 2.05) is 23.6 Å². The molecule has 2 N–H and O–H groups in total. The summed E-state index contributed by atoms with van der Waals surface area (Å²) in [7, 11) is 0. The molecular weight excluding hydrogens is 285 g/mol. The van der Waals surface area contributed by atoms with E-state index in [9.17, 15) is 9.65 Å². The average Bonchev–Trinajstić information content (AvgIpc) is 3.01. The van der Waals surface area contributed by atoms with Gasteiger partial charge in [-0.2, -0.15) is 5.26 Å². The van der Waals surface area contributed by atoms with Crippen molar-refractivity contribution < 1.29 is 4.39 Å². The van der Waals surface area contributed by atoms with Crippen molar-refractivity contribution in [3.63, 3.8) is 0 Å². The number of aromatic nitrogens is 1. The largest absolute Gasteiger partial charge is 0.383 e. The molecule has 0 fully saturated rings. The number of halogens is 1. The number of hydrogen-bond acceptors (Lipinski definition) is 4. The highest BCUT2D eigenvalue weighted by molar-refractivity contribution is 7.13. The molecule has 3 nitrogen and oxygen atoms in total. The maximum atomic E-state index is 13.1. The third-order valence-corrected chi connectivity index (χ3v) is 3.98. The standard InChI is InChI=1S/C16H10FN3S/c17-11-5-3-10(4-6-11)12-8-14(15-2-1-7-21-15)20-16(19)13(12)9-18/h1-8H,(H2,19,20). The zero-order valence-corrected chi connectivity index (χ0v) is 11.7. The maximum absolute atomic E-state index is 13.1. The van der Waals surface area contributed by atoms with Crippen LogP contribution in [0.4, 0.5) is 10.2 Å². The number of pyridine rings is 1. The zero-order chi connectivity index (χ0) is 14.8. The SMILES string of the molecule is N#Cc1c(-c2ccc(F)cc2)cc(-c2cccs2)nc1N. The number of nitrogen functional groups attached to an aromatic ring is 1. The Kier molecular flexibility index (Phi) is 3.38. The highest BCUT2D eigenvalue weighted by Gasteiger charge is 2.13. The van der Waals surface area contributed by atoms with Gasteiger partial charge in [0, 0.05) is 5.56 Å². The molecule has 3 aromatic rings. The number of nitriles is 1. The van der Waals surface area contributed by atoms with Crippen molar-refractivity contribution in [2.24, 2.45) is 0 Å². The van der Waals surface area contributed by atoms with Crippen LogP contribution in [0.5, 0.6) is 0 Å². The van der Waals surface area contributed by atoms with Crippen LogP contribution in [-0.4, -0.2) is 4.98 Å². The van der Waals surface area contributed by atoms with Gasteiger partial charge in [-0.1, -0.05) is 18.2 Å². The van der Waals surface area contributed by atoms with Crippen LogP contribution in [0, 0.1) is 17.1 Å². The van der Waals surface area contributed by atoms with E-state index < -0.39 is 0 Å². The molecule has 0 spiro atoms. The maximum Gasteiger partial charge on any atom is 0.142 e. The summed E-state index contributed by atoms with van der Waals surface area (Å²) in [5.74, 6) is -0.138. The van der Waals surface area contributed by atoms with E-state index in [2.05, 4.69) is 11.1 Å². The molecular formula is C16H10FN3S. The van der Waals surface area contributed by atoms with Gasteiger partial charge in [0.15, 0.2) is 0 Å². The summed E-state index contributed by atoms with van der Waals surface area (Å²) in [6.07, 6.45) is 0. The molecule has 3 rings (SSSR count). The molecule has 0 saturated carbocycles. The van der Waals surface area contributed by atoms with Crippen molar-refractivity contribution in [3.05, 3.63) is 59.2 Å². The van der Waals surface area contributed by atoms with Crippen LogP contribution in [0.15, 0.2) is 47.8 Å². The summed E-state index contributed by atoms with van der Waals surface area (Å²) < 4.78 is 13.1. The molecule has 2 aromatic heterocycles. The summed E-state index contributed by atoms with van der Waals surface area (Å²) in [6.45, 7) is 0. The van der Waals surface area contributed by atoms with Crippen LogP contribution in [-0.2, 0) is 0 Å². The van der Waals surface area contributed by atoms with E-state index in [0.717, 1.165) is 10.4 Å². The van der Waals surface area contributed by atoms with Crippen molar-refractivity contribution >= 4 is 17.2 Å². The topological polar surface area (TPSA) is 62.7 Å². The molecule has 0 bridgehead atoms. The molecule has 2 heterocycles. The minimum Gasteiger partial charge on any atom is -0.383 e. The number of anilines is 1. The second kappa shape index (κ2) is 5.35. The van der Waals surface area contributed by atoms with E-state index >= 15 is 0 Å². The third kappa shape index (κ3) is 2.49. The molecule has 0 aliphatic rings. The van der Waals surface area contributed by atoms with Gasteiger partial charge in [0.05, 0.1) is 10.6 Å². The first-order chi connectivity index (χ1) is 10.2. The number of nitrogens with zero attached hydrogens (tertiary/aromatic N) is 2. The van der Waals surface area contributed by atoms with Crippen LogP contribution in [0.25, 0.3) is 21.7 Å². The Morgan fingerprint density at radius 3 is 2.57 bits per heavy atom. The Hall–Kier alpha value is -2.71. The fourth-order valence-corrected chi connectivity index (χ4v) is 2.78. The lowest BCUT2D eigenvalue weighted by Gasteiger charge is -2.09. The summed E-state index contributed by atoms with van der Waals surface area (Å²) in [5.41, 5.74) is 8.32. The molecule has 102 valence electrons. The molecule has 21 heavy (non-hydrogen) atoms. The van der Waals surface area contributed by atoms with Crippen LogP contribution >= 0.6 is 11.3 Å². The summed E-state index contributed by atoms with van der Waals surface area (Å²) in [4.78, 5) is 5.25. The van der Waals surface area contributed by atoms with Gasteiger partial charge in [-0.3, -0.25) is 0 Å². The Labute approximate surface area is 125 Å². The monoisotopic (exact) mass is 295 g/mol. The summed E-state index contributed by atoms with van der Waals surface area (Å²) in [5, 5.41) is 11.2. The van der Waals surface area contributed by atoms with Crippen molar-refractivity contribution in [2.75, 3.05) is 5.73 Å². The number of thiophene rings is 1. The molecule has 0 aliphatic carbocycles. The quantitative estimate of drug-likeness (QED) is 0.775. The first-order valence-corrected chi connectivity index (χ1v) is 7.07. The van der Waals surface area contributed by atoms with Crippen molar-refractivity contribution in [2.45, 2.75) is 0 Å². The van der Waals surface area contributed by atoms with Gasteiger partial charge < -0.3 is 5.73 Å². The second-order valence-corrected chi connectivity index (χ2v) is 5.36. The highest BCUT2D eigenvalue weighted by Crippen LogP contribution is 2.32. The Morgan fingerprint density at radius 2 is 1.95 bits per heavy atom. The number of hydrogen-bond donors (Lipinski definition) is 1. The smallest absolute Gasteiger partial charge is 0.142 e. The van der Waals surface area contributed by atoms with Gasteiger partial charge in [-0.15, -0.1) is 11.3 Å². The first-order valence-electron chi connectivity index (χ1n) is 6.19. The van der Waals surface area contributed by atoms with Crippen LogP contribution in [0.1, 0.15) is 5.56 Å². The second-order valence-electron chi connectivity index (χ2n) is 4.41. The Morgan fingerprint density at radius 1 is 1.19 bits per heavy atom. The Balaban J connectivity index is 2.22. The first kappa shape index (κ1) is 13.3. The van der Waals surface area contributed by atoms with Crippen molar-refractivity contribution in [1.82, 2.24) is 4.98 Å². The van der Waals surface area contributed by atoms with Gasteiger partial charge in [0.2, 0.25) is 0 Å². The molecule has 0 atom stereocenters. The highest BCUT2D eigenvalue weighted by atomic mass is 32.1. The van der Waals surface area contributed by atoms with Crippen molar-refractivity contribution in [1.29, 1.82) is 5.26 Å². The molecule has 5 heteroatoms. The lowest BCUT2D eigenvalue weighted by atomic mass is 10.00. The van der Waals surface area contributed by atoms with E-state index in [4.69, 9.17) is 5.73 Å². The molecule has 1 aromatic carbocycles. The molecule has 0 amide bonds.